The number of carbonyl (C=O) groups excluding carboxylic acids is 1. The number of aryl methyl sites for hydroxylation is 1. The molecule has 0 aliphatic carbocycles. The number of halogens is 3. The van der Waals surface area contributed by atoms with E-state index in [9.17, 15) is 27.9 Å². The van der Waals surface area contributed by atoms with Crippen LogP contribution in [0.5, 0.6) is 0 Å². The van der Waals surface area contributed by atoms with Crippen LogP contribution in [0.4, 0.5) is 13.2 Å². The molecular weight excluding hydrogens is 339 g/mol. The lowest BCUT2D eigenvalue weighted by molar-refractivity contribution is -0.145. The Morgan fingerprint density at radius 2 is 1.84 bits per heavy atom. The maximum Gasteiger partial charge on any atom is 0.451 e. The smallest absolute Gasteiger partial charge is 0.451 e. The third kappa shape index (κ3) is 4.75. The van der Waals surface area contributed by atoms with E-state index in [0.717, 1.165) is 6.07 Å². The Morgan fingerprint density at radius 1 is 1.20 bits per heavy atom. The van der Waals surface area contributed by atoms with E-state index >= 15 is 0 Å². The summed E-state index contributed by atoms with van der Waals surface area (Å²) in [6.45, 7) is 1.01. The van der Waals surface area contributed by atoms with Crippen LogP contribution >= 0.6 is 0 Å². The number of carboxylic acids is 1. The van der Waals surface area contributed by atoms with Crippen molar-refractivity contribution in [2.24, 2.45) is 0 Å². The van der Waals surface area contributed by atoms with Crippen molar-refractivity contribution >= 4 is 11.9 Å². The largest absolute Gasteiger partial charge is 0.481 e. The first-order valence-corrected chi connectivity index (χ1v) is 7.17. The Kier molecular flexibility index (Phi) is 5.35. The number of rotatable bonds is 5. The zero-order chi connectivity index (χ0) is 18.6. The molecule has 2 aromatic rings. The molecule has 1 unspecified atom stereocenters. The molecule has 0 radical (unpaired) electrons. The minimum absolute atomic E-state index is 0.0229. The molecule has 1 aromatic carbocycles. The summed E-state index contributed by atoms with van der Waals surface area (Å²) < 4.78 is 38.2. The summed E-state index contributed by atoms with van der Waals surface area (Å²) >= 11 is 0. The summed E-state index contributed by atoms with van der Waals surface area (Å²) in [6.07, 6.45) is -4.78. The van der Waals surface area contributed by atoms with E-state index in [1.54, 1.807) is 30.3 Å². The van der Waals surface area contributed by atoms with Gasteiger partial charge in [-0.15, -0.1) is 0 Å². The molecule has 1 amide bonds. The SMILES string of the molecule is Cc1cc(C(=O)NCC(C(=O)O)c2ccccc2)nc(C(F)(F)F)n1. The zero-order valence-corrected chi connectivity index (χ0v) is 13.0. The number of carbonyl (C=O) groups is 2. The van der Waals surface area contributed by atoms with Crippen molar-refractivity contribution in [3.05, 3.63) is 59.2 Å². The van der Waals surface area contributed by atoms with E-state index in [-0.39, 0.29) is 12.2 Å². The number of carboxylic acid groups (broad SMARTS) is 1. The number of nitrogens with zero attached hydrogens (tertiary/aromatic N) is 2. The van der Waals surface area contributed by atoms with E-state index in [1.165, 1.54) is 6.92 Å². The molecule has 2 N–H and O–H groups in total. The lowest BCUT2D eigenvalue weighted by atomic mass is 9.99. The van der Waals surface area contributed by atoms with Crippen LogP contribution in [-0.4, -0.2) is 33.5 Å². The van der Waals surface area contributed by atoms with Crippen molar-refractivity contribution < 1.29 is 27.9 Å². The van der Waals surface area contributed by atoms with Crippen molar-refractivity contribution in [2.75, 3.05) is 6.54 Å². The summed E-state index contributed by atoms with van der Waals surface area (Å²) in [7, 11) is 0. The number of aromatic nitrogens is 2. The zero-order valence-electron chi connectivity index (χ0n) is 13.0. The number of hydrogen-bond donors (Lipinski definition) is 2. The summed E-state index contributed by atoms with van der Waals surface area (Å²) in [5.74, 6) is -4.52. The maximum atomic E-state index is 12.7. The van der Waals surface area contributed by atoms with Gasteiger partial charge in [-0.2, -0.15) is 13.2 Å². The van der Waals surface area contributed by atoms with Gasteiger partial charge >= 0.3 is 12.1 Å². The van der Waals surface area contributed by atoms with Crippen molar-refractivity contribution in [3.63, 3.8) is 0 Å². The lowest BCUT2D eigenvalue weighted by Gasteiger charge is -2.14. The second-order valence-corrected chi connectivity index (χ2v) is 5.23. The van der Waals surface area contributed by atoms with Crippen molar-refractivity contribution in [2.45, 2.75) is 19.0 Å². The standard InChI is InChI=1S/C16H14F3N3O3/c1-9-7-12(22-15(21-9)16(17,18)19)13(23)20-8-11(14(24)25)10-5-3-2-4-6-10/h2-7,11H,8H2,1H3,(H,20,23)(H,24,25). The molecule has 0 fully saturated rings. The van der Waals surface area contributed by atoms with E-state index in [4.69, 9.17) is 0 Å². The Labute approximate surface area is 140 Å². The molecule has 1 atom stereocenters. The first-order chi connectivity index (χ1) is 11.7. The summed E-state index contributed by atoms with van der Waals surface area (Å²) in [4.78, 5) is 29.9. The summed E-state index contributed by atoms with van der Waals surface area (Å²) in [5.41, 5.74) is -0.0347. The van der Waals surface area contributed by atoms with Crippen LogP contribution in [0, 0.1) is 6.92 Å². The third-order valence-electron chi connectivity index (χ3n) is 3.31. The fraction of sp³-hybridized carbons (Fsp3) is 0.250. The molecule has 1 heterocycles. The number of amides is 1. The molecule has 0 saturated heterocycles. The molecule has 6 nitrogen and oxygen atoms in total. The van der Waals surface area contributed by atoms with Gasteiger partial charge in [0, 0.05) is 12.2 Å². The van der Waals surface area contributed by atoms with Crippen LogP contribution in [0.1, 0.15) is 33.5 Å². The molecule has 0 aliphatic rings. The van der Waals surface area contributed by atoms with Crippen LogP contribution in [0.15, 0.2) is 36.4 Å². The van der Waals surface area contributed by atoms with E-state index < -0.39 is 35.5 Å². The average Bonchev–Trinajstić information content (AvgIpc) is 2.54. The van der Waals surface area contributed by atoms with Gasteiger partial charge < -0.3 is 10.4 Å². The highest BCUT2D eigenvalue weighted by Gasteiger charge is 2.35. The first-order valence-electron chi connectivity index (χ1n) is 7.17. The monoisotopic (exact) mass is 353 g/mol. The second-order valence-electron chi connectivity index (χ2n) is 5.23. The van der Waals surface area contributed by atoms with Crippen LogP contribution in [0.2, 0.25) is 0 Å². The molecule has 1 aromatic heterocycles. The number of hydrogen-bond acceptors (Lipinski definition) is 4. The Morgan fingerprint density at radius 3 is 2.40 bits per heavy atom. The molecular formula is C16H14F3N3O3. The lowest BCUT2D eigenvalue weighted by Crippen LogP contribution is -2.32. The fourth-order valence-electron chi connectivity index (χ4n) is 2.13. The van der Waals surface area contributed by atoms with Gasteiger partial charge in [-0.05, 0) is 18.6 Å². The quantitative estimate of drug-likeness (QED) is 0.861. The summed E-state index contributed by atoms with van der Waals surface area (Å²) in [6, 6.07) is 9.28. The van der Waals surface area contributed by atoms with E-state index in [1.807, 2.05) is 0 Å². The highest BCUT2D eigenvalue weighted by Crippen LogP contribution is 2.26. The van der Waals surface area contributed by atoms with Crippen molar-refractivity contribution in [1.82, 2.24) is 15.3 Å². The van der Waals surface area contributed by atoms with Crippen LogP contribution in [0.3, 0.4) is 0 Å². The van der Waals surface area contributed by atoms with Crippen molar-refractivity contribution in [3.8, 4) is 0 Å². The van der Waals surface area contributed by atoms with Gasteiger partial charge in [0.2, 0.25) is 5.82 Å². The van der Waals surface area contributed by atoms with Crippen LogP contribution in [0.25, 0.3) is 0 Å². The molecule has 25 heavy (non-hydrogen) atoms. The normalized spacial score (nSPS) is 12.5. The van der Waals surface area contributed by atoms with Gasteiger partial charge in [0.25, 0.3) is 5.91 Å². The number of nitrogens with one attached hydrogen (secondary N) is 1. The number of benzene rings is 1. The molecule has 132 valence electrons. The van der Waals surface area contributed by atoms with Crippen LogP contribution < -0.4 is 5.32 Å². The highest BCUT2D eigenvalue weighted by atomic mass is 19.4. The molecule has 0 aliphatic heterocycles. The Bertz CT molecular complexity index is 779. The van der Waals surface area contributed by atoms with E-state index in [2.05, 4.69) is 15.3 Å². The van der Waals surface area contributed by atoms with Gasteiger partial charge in [0.05, 0.1) is 5.92 Å². The van der Waals surface area contributed by atoms with Gasteiger partial charge in [-0.1, -0.05) is 30.3 Å². The fourth-order valence-corrected chi connectivity index (χ4v) is 2.13. The Balaban J connectivity index is 2.17. The number of aliphatic carboxylic acids is 1. The molecule has 0 bridgehead atoms. The second kappa shape index (κ2) is 7.29. The van der Waals surface area contributed by atoms with Gasteiger partial charge in [-0.3, -0.25) is 9.59 Å². The van der Waals surface area contributed by atoms with Gasteiger partial charge in [0.15, 0.2) is 0 Å². The minimum atomic E-state index is -4.78. The van der Waals surface area contributed by atoms with E-state index in [0.29, 0.717) is 5.56 Å². The maximum absolute atomic E-state index is 12.7. The summed E-state index contributed by atoms with van der Waals surface area (Å²) in [5, 5.41) is 11.6. The first kappa shape index (κ1) is 18.4. The predicted molar refractivity (Wildman–Crippen MR) is 80.9 cm³/mol. The average molecular weight is 353 g/mol. The topological polar surface area (TPSA) is 92.2 Å². The third-order valence-corrected chi connectivity index (χ3v) is 3.31. The van der Waals surface area contributed by atoms with Crippen molar-refractivity contribution in [1.29, 1.82) is 0 Å². The molecule has 2 rings (SSSR count). The Hall–Kier alpha value is -2.97. The highest BCUT2D eigenvalue weighted by molar-refractivity contribution is 5.92. The molecule has 0 saturated carbocycles. The van der Waals surface area contributed by atoms with Gasteiger partial charge in [0.1, 0.15) is 5.69 Å². The van der Waals surface area contributed by atoms with Gasteiger partial charge in [-0.25, -0.2) is 9.97 Å². The predicted octanol–water partition coefficient (Wildman–Crippen LogP) is 2.40. The molecule has 9 heteroatoms. The molecule has 0 spiro atoms. The number of alkyl halides is 3. The van der Waals surface area contributed by atoms with Crippen LogP contribution in [-0.2, 0) is 11.0 Å². The minimum Gasteiger partial charge on any atom is -0.481 e.